The van der Waals surface area contributed by atoms with Gasteiger partial charge in [-0.2, -0.15) is 0 Å². The van der Waals surface area contributed by atoms with Crippen molar-refractivity contribution < 1.29 is 9.59 Å². The first-order valence-electron chi connectivity index (χ1n) is 9.32. The summed E-state index contributed by atoms with van der Waals surface area (Å²) >= 11 is 0. The number of hydrogen-bond donors (Lipinski definition) is 1. The lowest BCUT2D eigenvalue weighted by Crippen LogP contribution is -2.52. The zero-order valence-electron chi connectivity index (χ0n) is 15.3. The van der Waals surface area contributed by atoms with Crippen molar-refractivity contribution in [2.45, 2.75) is 13.0 Å². The van der Waals surface area contributed by atoms with Crippen LogP contribution in [0.4, 0.5) is 0 Å². The second kappa shape index (κ2) is 8.96. The highest BCUT2D eigenvalue weighted by atomic mass is 16.2. The number of rotatable bonds is 6. The van der Waals surface area contributed by atoms with Crippen molar-refractivity contribution in [3.05, 3.63) is 48.0 Å². The number of fused-ring (bicyclic) bond motifs is 1. The lowest BCUT2D eigenvalue weighted by molar-refractivity contribution is -0.134. The fourth-order valence-corrected chi connectivity index (χ4v) is 3.55. The minimum absolute atomic E-state index is 0.0291. The summed E-state index contributed by atoms with van der Waals surface area (Å²) in [7, 11) is 0. The van der Waals surface area contributed by atoms with Crippen LogP contribution in [0.5, 0.6) is 0 Å². The van der Waals surface area contributed by atoms with E-state index < -0.39 is 0 Å². The van der Waals surface area contributed by atoms with Crippen molar-refractivity contribution in [2.75, 3.05) is 52.4 Å². The minimum Gasteiger partial charge on any atom is -0.352 e. The SMILES string of the molecule is C=CCNC(=O)CN1CCN(CC(=O)N2CCc3ccccc3C2)CC1. The smallest absolute Gasteiger partial charge is 0.237 e. The molecule has 1 N–H and O–H groups in total. The molecule has 6 heteroatoms. The summed E-state index contributed by atoms with van der Waals surface area (Å²) in [4.78, 5) is 30.7. The number of nitrogens with zero attached hydrogens (tertiary/aromatic N) is 3. The van der Waals surface area contributed by atoms with Gasteiger partial charge in [0.15, 0.2) is 0 Å². The van der Waals surface area contributed by atoms with Crippen LogP contribution in [0.2, 0.25) is 0 Å². The Hall–Kier alpha value is -2.18. The molecule has 26 heavy (non-hydrogen) atoms. The number of carbonyl (C=O) groups excluding carboxylic acids is 2. The van der Waals surface area contributed by atoms with E-state index in [1.54, 1.807) is 6.08 Å². The lowest BCUT2D eigenvalue weighted by Gasteiger charge is -2.36. The van der Waals surface area contributed by atoms with Gasteiger partial charge in [0.25, 0.3) is 0 Å². The van der Waals surface area contributed by atoms with E-state index in [1.807, 2.05) is 11.0 Å². The van der Waals surface area contributed by atoms with Crippen LogP contribution in [-0.2, 0) is 22.6 Å². The Balaban J connectivity index is 1.41. The first kappa shape index (κ1) is 18.6. The van der Waals surface area contributed by atoms with Gasteiger partial charge in [-0.05, 0) is 17.5 Å². The summed E-state index contributed by atoms with van der Waals surface area (Å²) < 4.78 is 0. The zero-order valence-corrected chi connectivity index (χ0v) is 15.3. The monoisotopic (exact) mass is 356 g/mol. The molecule has 0 radical (unpaired) electrons. The Morgan fingerprint density at radius 2 is 1.65 bits per heavy atom. The number of carbonyl (C=O) groups is 2. The average molecular weight is 356 g/mol. The molecule has 0 atom stereocenters. The molecule has 3 rings (SSSR count). The molecule has 140 valence electrons. The van der Waals surface area contributed by atoms with Crippen LogP contribution in [0.15, 0.2) is 36.9 Å². The number of piperazine rings is 1. The fourth-order valence-electron chi connectivity index (χ4n) is 3.55. The highest BCUT2D eigenvalue weighted by molar-refractivity contribution is 5.79. The average Bonchev–Trinajstić information content (AvgIpc) is 2.67. The molecule has 1 fully saturated rings. The topological polar surface area (TPSA) is 55.9 Å². The molecule has 2 heterocycles. The predicted molar refractivity (Wildman–Crippen MR) is 102 cm³/mol. The minimum atomic E-state index is 0.0291. The van der Waals surface area contributed by atoms with Gasteiger partial charge in [0.1, 0.15) is 0 Å². The first-order valence-corrected chi connectivity index (χ1v) is 9.32. The predicted octanol–water partition coefficient (Wildman–Crippen LogP) is 0.491. The molecule has 2 aliphatic rings. The van der Waals surface area contributed by atoms with Gasteiger partial charge in [-0.3, -0.25) is 19.4 Å². The standard InChI is InChI=1S/C20H28N4O2/c1-2-8-21-19(25)15-22-10-12-23(13-11-22)16-20(26)24-9-7-17-5-3-4-6-18(17)14-24/h2-6H,1,7-16H2,(H,21,25). The summed E-state index contributed by atoms with van der Waals surface area (Å²) in [5, 5.41) is 2.80. The Labute approximate surface area is 155 Å². The van der Waals surface area contributed by atoms with E-state index >= 15 is 0 Å². The van der Waals surface area contributed by atoms with Crippen molar-refractivity contribution in [3.63, 3.8) is 0 Å². The van der Waals surface area contributed by atoms with E-state index in [1.165, 1.54) is 11.1 Å². The molecule has 0 aromatic heterocycles. The summed E-state index contributed by atoms with van der Waals surface area (Å²) in [6.07, 6.45) is 2.62. The summed E-state index contributed by atoms with van der Waals surface area (Å²) in [5.74, 6) is 0.234. The maximum atomic E-state index is 12.7. The second-order valence-corrected chi connectivity index (χ2v) is 6.98. The molecular formula is C20H28N4O2. The van der Waals surface area contributed by atoms with E-state index in [9.17, 15) is 9.59 Å². The lowest BCUT2D eigenvalue weighted by atomic mass is 10.00. The number of amides is 2. The number of nitrogens with one attached hydrogen (secondary N) is 1. The largest absolute Gasteiger partial charge is 0.352 e. The van der Waals surface area contributed by atoms with Crippen LogP contribution in [0.3, 0.4) is 0 Å². The summed E-state index contributed by atoms with van der Waals surface area (Å²) in [6.45, 7) is 9.80. The number of benzene rings is 1. The molecule has 2 aliphatic heterocycles. The molecule has 0 bridgehead atoms. The molecule has 0 saturated carbocycles. The van der Waals surface area contributed by atoms with Gasteiger partial charge in [-0.25, -0.2) is 0 Å². The zero-order chi connectivity index (χ0) is 18.4. The van der Waals surface area contributed by atoms with Gasteiger partial charge in [-0.15, -0.1) is 6.58 Å². The van der Waals surface area contributed by atoms with E-state index in [-0.39, 0.29) is 11.8 Å². The molecule has 0 spiro atoms. The van der Waals surface area contributed by atoms with E-state index in [2.05, 4.69) is 39.9 Å². The van der Waals surface area contributed by atoms with Crippen LogP contribution in [-0.4, -0.2) is 78.9 Å². The van der Waals surface area contributed by atoms with Gasteiger partial charge in [0.05, 0.1) is 13.1 Å². The van der Waals surface area contributed by atoms with Crippen molar-refractivity contribution in [2.24, 2.45) is 0 Å². The molecule has 0 unspecified atom stereocenters. The van der Waals surface area contributed by atoms with Gasteiger partial charge in [0.2, 0.25) is 11.8 Å². The van der Waals surface area contributed by atoms with E-state index in [0.717, 1.165) is 45.7 Å². The van der Waals surface area contributed by atoms with Crippen molar-refractivity contribution in [3.8, 4) is 0 Å². The van der Waals surface area contributed by atoms with Crippen LogP contribution < -0.4 is 5.32 Å². The Kier molecular flexibility index (Phi) is 6.41. The summed E-state index contributed by atoms with van der Waals surface area (Å²) in [5.41, 5.74) is 2.63. The van der Waals surface area contributed by atoms with Crippen LogP contribution >= 0.6 is 0 Å². The van der Waals surface area contributed by atoms with E-state index in [0.29, 0.717) is 19.6 Å². The highest BCUT2D eigenvalue weighted by Crippen LogP contribution is 2.18. The van der Waals surface area contributed by atoms with Crippen LogP contribution in [0.25, 0.3) is 0 Å². The third-order valence-corrected chi connectivity index (χ3v) is 5.12. The van der Waals surface area contributed by atoms with Crippen molar-refractivity contribution in [1.82, 2.24) is 20.0 Å². The molecule has 1 aromatic carbocycles. The third-order valence-electron chi connectivity index (χ3n) is 5.12. The molecule has 0 aliphatic carbocycles. The van der Waals surface area contributed by atoms with E-state index in [4.69, 9.17) is 0 Å². The molecule has 2 amide bonds. The fraction of sp³-hybridized carbons (Fsp3) is 0.500. The maximum Gasteiger partial charge on any atom is 0.237 e. The van der Waals surface area contributed by atoms with Crippen molar-refractivity contribution >= 4 is 11.8 Å². The number of hydrogen-bond acceptors (Lipinski definition) is 4. The molecular weight excluding hydrogens is 328 g/mol. The van der Waals surface area contributed by atoms with Crippen LogP contribution in [0.1, 0.15) is 11.1 Å². The van der Waals surface area contributed by atoms with Gasteiger partial charge in [-0.1, -0.05) is 30.3 Å². The maximum absolute atomic E-state index is 12.7. The Bertz CT molecular complexity index is 653. The van der Waals surface area contributed by atoms with Gasteiger partial charge >= 0.3 is 0 Å². The highest BCUT2D eigenvalue weighted by Gasteiger charge is 2.24. The molecule has 1 aromatic rings. The summed E-state index contributed by atoms with van der Waals surface area (Å²) in [6, 6.07) is 8.37. The third kappa shape index (κ3) is 4.93. The first-order chi connectivity index (χ1) is 12.7. The van der Waals surface area contributed by atoms with Crippen LogP contribution in [0, 0.1) is 0 Å². The molecule has 6 nitrogen and oxygen atoms in total. The quantitative estimate of drug-likeness (QED) is 0.754. The Morgan fingerprint density at radius 3 is 2.35 bits per heavy atom. The second-order valence-electron chi connectivity index (χ2n) is 6.98. The van der Waals surface area contributed by atoms with Gasteiger partial charge in [0, 0.05) is 45.8 Å². The van der Waals surface area contributed by atoms with Gasteiger partial charge < -0.3 is 10.2 Å². The Morgan fingerprint density at radius 1 is 1.00 bits per heavy atom. The molecule has 1 saturated heterocycles. The normalized spacial score (nSPS) is 18.2. The van der Waals surface area contributed by atoms with Crippen molar-refractivity contribution in [1.29, 1.82) is 0 Å².